The summed E-state index contributed by atoms with van der Waals surface area (Å²) in [5, 5.41) is 0. The summed E-state index contributed by atoms with van der Waals surface area (Å²) in [6, 6.07) is 12.2. The first-order valence-corrected chi connectivity index (χ1v) is 7.34. The largest absolute Gasteiger partial charge is 0.494 e. The van der Waals surface area contributed by atoms with Crippen LogP contribution in [0.2, 0.25) is 0 Å². The van der Waals surface area contributed by atoms with Crippen LogP contribution in [0, 0.1) is 5.82 Å². The lowest BCUT2D eigenvalue weighted by Gasteiger charge is -2.14. The number of halogens is 2. The third kappa shape index (κ3) is 3.58. The quantitative estimate of drug-likeness (QED) is 0.876. The van der Waals surface area contributed by atoms with Gasteiger partial charge in [-0.25, -0.2) is 4.39 Å². The van der Waals surface area contributed by atoms with Crippen molar-refractivity contribution in [3.63, 3.8) is 0 Å². The molecular weight excluding hydrogens is 321 g/mol. The van der Waals surface area contributed by atoms with Gasteiger partial charge in [-0.1, -0.05) is 25.1 Å². The molecule has 0 fully saturated rings. The lowest BCUT2D eigenvalue weighted by atomic mass is 9.99. The number of nitrogens with two attached hydrogens (primary N) is 1. The molecule has 0 aliphatic carbocycles. The maximum Gasteiger partial charge on any atom is 0.137 e. The Balaban J connectivity index is 2.15. The van der Waals surface area contributed by atoms with Crippen molar-refractivity contribution < 1.29 is 9.13 Å². The van der Waals surface area contributed by atoms with Crippen molar-refractivity contribution in [2.45, 2.75) is 19.4 Å². The normalized spacial score (nSPS) is 12.2. The van der Waals surface area contributed by atoms with Crippen LogP contribution < -0.4 is 10.5 Å². The molecule has 2 nitrogen and oxygen atoms in total. The highest BCUT2D eigenvalue weighted by Crippen LogP contribution is 2.25. The second-order valence-corrected chi connectivity index (χ2v) is 5.42. The Bertz CT molecular complexity index is 571. The highest BCUT2D eigenvalue weighted by Gasteiger charge is 2.11. The second kappa shape index (κ2) is 6.86. The van der Waals surface area contributed by atoms with E-state index < -0.39 is 0 Å². The number of benzene rings is 2. The average molecular weight is 338 g/mol. The monoisotopic (exact) mass is 337 g/mol. The first-order valence-electron chi connectivity index (χ1n) is 6.55. The molecule has 106 valence electrons. The van der Waals surface area contributed by atoms with Crippen LogP contribution in [0.25, 0.3) is 0 Å². The Morgan fingerprint density at radius 1 is 1.15 bits per heavy atom. The van der Waals surface area contributed by atoms with Gasteiger partial charge in [0.15, 0.2) is 0 Å². The lowest BCUT2D eigenvalue weighted by molar-refractivity contribution is 0.317. The Labute approximate surface area is 126 Å². The fourth-order valence-electron chi connectivity index (χ4n) is 1.89. The van der Waals surface area contributed by atoms with Crippen molar-refractivity contribution in [1.29, 1.82) is 0 Å². The minimum atomic E-state index is -0.288. The smallest absolute Gasteiger partial charge is 0.137 e. The van der Waals surface area contributed by atoms with Gasteiger partial charge in [0, 0.05) is 0 Å². The minimum Gasteiger partial charge on any atom is -0.494 e. The van der Waals surface area contributed by atoms with Crippen molar-refractivity contribution >= 4 is 15.9 Å². The van der Waals surface area contributed by atoms with Crippen LogP contribution in [0.4, 0.5) is 4.39 Å². The SMILES string of the molecule is CCCOc1ccc(C(N)c2ccc(F)c(Br)c2)cc1. The van der Waals surface area contributed by atoms with E-state index in [2.05, 4.69) is 22.9 Å². The zero-order valence-corrected chi connectivity index (χ0v) is 12.9. The van der Waals surface area contributed by atoms with E-state index in [0.717, 1.165) is 23.3 Å². The summed E-state index contributed by atoms with van der Waals surface area (Å²) in [5.74, 6) is 0.548. The van der Waals surface area contributed by atoms with Crippen molar-refractivity contribution in [2.24, 2.45) is 5.73 Å². The van der Waals surface area contributed by atoms with Gasteiger partial charge in [-0.15, -0.1) is 0 Å². The molecule has 1 atom stereocenters. The molecule has 2 aromatic rings. The number of ether oxygens (including phenoxy) is 1. The first kappa shape index (κ1) is 15.0. The molecule has 4 heteroatoms. The second-order valence-electron chi connectivity index (χ2n) is 4.57. The summed E-state index contributed by atoms with van der Waals surface area (Å²) in [4.78, 5) is 0. The zero-order chi connectivity index (χ0) is 14.5. The molecular formula is C16H17BrFNO. The van der Waals surface area contributed by atoms with E-state index in [1.165, 1.54) is 6.07 Å². The molecule has 0 saturated carbocycles. The van der Waals surface area contributed by atoms with Gasteiger partial charge in [0.25, 0.3) is 0 Å². The fourth-order valence-corrected chi connectivity index (χ4v) is 2.29. The number of rotatable bonds is 5. The van der Waals surface area contributed by atoms with E-state index in [-0.39, 0.29) is 11.9 Å². The van der Waals surface area contributed by atoms with Crippen LogP contribution in [-0.2, 0) is 0 Å². The summed E-state index contributed by atoms with van der Waals surface area (Å²) in [5.41, 5.74) is 8.03. The van der Waals surface area contributed by atoms with Crippen LogP contribution in [0.15, 0.2) is 46.9 Å². The summed E-state index contributed by atoms with van der Waals surface area (Å²) in [6.45, 7) is 2.77. The summed E-state index contributed by atoms with van der Waals surface area (Å²) >= 11 is 3.18. The highest BCUT2D eigenvalue weighted by atomic mass is 79.9. The van der Waals surface area contributed by atoms with E-state index in [9.17, 15) is 4.39 Å². The highest BCUT2D eigenvalue weighted by molar-refractivity contribution is 9.10. The maximum absolute atomic E-state index is 13.2. The molecule has 2 N–H and O–H groups in total. The predicted octanol–water partition coefficient (Wildman–Crippen LogP) is 4.43. The van der Waals surface area contributed by atoms with E-state index >= 15 is 0 Å². The molecule has 1 unspecified atom stereocenters. The molecule has 0 aromatic heterocycles. The Hall–Kier alpha value is -1.39. The topological polar surface area (TPSA) is 35.2 Å². The van der Waals surface area contributed by atoms with Crippen LogP contribution >= 0.6 is 15.9 Å². The molecule has 0 amide bonds. The molecule has 0 radical (unpaired) electrons. The Kier molecular flexibility index (Phi) is 5.15. The molecule has 0 spiro atoms. The van der Waals surface area contributed by atoms with Crippen LogP contribution in [0.3, 0.4) is 0 Å². The Morgan fingerprint density at radius 3 is 2.40 bits per heavy atom. The van der Waals surface area contributed by atoms with Crippen molar-refractivity contribution in [2.75, 3.05) is 6.61 Å². The van der Waals surface area contributed by atoms with Gasteiger partial charge in [-0.3, -0.25) is 0 Å². The maximum atomic E-state index is 13.2. The van der Waals surface area contributed by atoms with E-state index in [0.29, 0.717) is 11.1 Å². The van der Waals surface area contributed by atoms with Crippen molar-refractivity contribution in [1.82, 2.24) is 0 Å². The van der Waals surface area contributed by atoms with Gasteiger partial charge in [0.05, 0.1) is 17.1 Å². The molecule has 0 heterocycles. The fraction of sp³-hybridized carbons (Fsp3) is 0.250. The molecule has 20 heavy (non-hydrogen) atoms. The molecule has 2 aromatic carbocycles. The van der Waals surface area contributed by atoms with Crippen LogP contribution in [0.5, 0.6) is 5.75 Å². The van der Waals surface area contributed by atoms with Gasteiger partial charge < -0.3 is 10.5 Å². The number of hydrogen-bond donors (Lipinski definition) is 1. The third-order valence-electron chi connectivity index (χ3n) is 3.01. The zero-order valence-electron chi connectivity index (χ0n) is 11.3. The molecule has 2 rings (SSSR count). The molecule has 0 bridgehead atoms. The lowest BCUT2D eigenvalue weighted by Crippen LogP contribution is -2.12. The average Bonchev–Trinajstić information content (AvgIpc) is 2.48. The van der Waals surface area contributed by atoms with Crippen LogP contribution in [0.1, 0.15) is 30.5 Å². The summed E-state index contributed by atoms with van der Waals surface area (Å²) in [6.07, 6.45) is 0.977. The standard InChI is InChI=1S/C16H17BrFNO/c1-2-9-20-13-6-3-11(4-7-13)16(19)12-5-8-15(18)14(17)10-12/h3-8,10,16H,2,9,19H2,1H3. The van der Waals surface area contributed by atoms with Gasteiger partial charge in [0.2, 0.25) is 0 Å². The molecule has 0 saturated heterocycles. The van der Waals surface area contributed by atoms with E-state index in [1.807, 2.05) is 24.3 Å². The van der Waals surface area contributed by atoms with Gasteiger partial charge in [0.1, 0.15) is 11.6 Å². The number of hydrogen-bond acceptors (Lipinski definition) is 2. The van der Waals surface area contributed by atoms with Crippen molar-refractivity contribution in [3.05, 3.63) is 63.9 Å². The first-order chi connectivity index (χ1) is 9.61. The summed E-state index contributed by atoms with van der Waals surface area (Å²) < 4.78 is 19.2. The minimum absolute atomic E-state index is 0.285. The molecule has 0 aliphatic rings. The summed E-state index contributed by atoms with van der Waals surface area (Å²) in [7, 11) is 0. The van der Waals surface area contributed by atoms with Gasteiger partial charge in [-0.2, -0.15) is 0 Å². The predicted molar refractivity (Wildman–Crippen MR) is 82.4 cm³/mol. The third-order valence-corrected chi connectivity index (χ3v) is 3.62. The van der Waals surface area contributed by atoms with E-state index in [1.54, 1.807) is 12.1 Å². The van der Waals surface area contributed by atoms with Gasteiger partial charge in [-0.05, 0) is 57.7 Å². The van der Waals surface area contributed by atoms with Crippen LogP contribution in [-0.4, -0.2) is 6.61 Å². The van der Waals surface area contributed by atoms with Crippen molar-refractivity contribution in [3.8, 4) is 5.75 Å². The van der Waals surface area contributed by atoms with Gasteiger partial charge >= 0.3 is 0 Å². The molecule has 0 aliphatic heterocycles. The Morgan fingerprint density at radius 2 is 1.80 bits per heavy atom. The van der Waals surface area contributed by atoms with E-state index in [4.69, 9.17) is 10.5 Å².